The van der Waals surface area contributed by atoms with Crippen molar-refractivity contribution in [2.24, 2.45) is 11.5 Å². The van der Waals surface area contributed by atoms with Crippen LogP contribution in [-0.2, 0) is 17.1 Å². The molecule has 6 aromatic rings. The SMILES string of the molecule is NCC(N)[c-]1cccc1P(c1ccccc1)c1ccccc1.[Fe+2].c1ccc(P(c2ccccc2)c2ccc[cH-]2)cc1. The van der Waals surface area contributed by atoms with Crippen LogP contribution in [0.4, 0.5) is 0 Å². The van der Waals surface area contributed by atoms with Crippen LogP contribution in [0, 0.1) is 0 Å². The number of hydrogen-bond donors (Lipinski definition) is 2. The van der Waals surface area contributed by atoms with Gasteiger partial charge in [-0.15, -0.1) is 16.2 Å². The molecule has 206 valence electrons. The molecule has 0 aliphatic carbocycles. The summed E-state index contributed by atoms with van der Waals surface area (Å²) in [7, 11) is -1.01. The third-order valence-corrected chi connectivity index (χ3v) is 11.6. The molecule has 0 aliphatic heterocycles. The monoisotopic (exact) mass is 612 g/mol. The molecule has 0 aromatic heterocycles. The topological polar surface area (TPSA) is 52.0 Å². The Bertz CT molecular complexity index is 1460. The molecule has 0 spiro atoms. The maximum atomic E-state index is 6.22. The second kappa shape index (κ2) is 15.8. The van der Waals surface area contributed by atoms with E-state index in [1.165, 1.54) is 37.4 Å². The minimum atomic E-state index is -0.603. The first-order chi connectivity index (χ1) is 19.8. The van der Waals surface area contributed by atoms with Crippen LogP contribution in [0.25, 0.3) is 0 Å². The third-order valence-electron chi connectivity index (χ3n) is 6.68. The summed E-state index contributed by atoms with van der Waals surface area (Å²) in [6.45, 7) is 0.462. The van der Waals surface area contributed by atoms with Gasteiger partial charge in [0.15, 0.2) is 0 Å². The predicted molar refractivity (Wildman–Crippen MR) is 177 cm³/mol. The van der Waals surface area contributed by atoms with Crippen LogP contribution in [0.2, 0.25) is 0 Å². The summed E-state index contributed by atoms with van der Waals surface area (Å²) in [5.74, 6) is 0. The zero-order valence-electron chi connectivity index (χ0n) is 22.8. The molecule has 6 aromatic carbocycles. The van der Waals surface area contributed by atoms with E-state index >= 15 is 0 Å². The predicted octanol–water partition coefficient (Wildman–Crippen LogP) is 5.28. The van der Waals surface area contributed by atoms with Gasteiger partial charge in [0, 0.05) is 6.54 Å². The maximum absolute atomic E-state index is 6.22. The smallest absolute Gasteiger partial charge is 0.333 e. The Hall–Kier alpha value is -3.12. The summed E-state index contributed by atoms with van der Waals surface area (Å²) in [6.07, 6.45) is 0. The van der Waals surface area contributed by atoms with Gasteiger partial charge in [0.05, 0.1) is 0 Å². The van der Waals surface area contributed by atoms with E-state index in [9.17, 15) is 0 Å². The van der Waals surface area contributed by atoms with Crippen molar-refractivity contribution in [3.63, 3.8) is 0 Å². The first-order valence-corrected chi connectivity index (χ1v) is 16.2. The molecule has 41 heavy (non-hydrogen) atoms. The molecule has 2 nitrogen and oxygen atoms in total. The van der Waals surface area contributed by atoms with E-state index in [1.807, 2.05) is 0 Å². The van der Waals surface area contributed by atoms with Gasteiger partial charge in [0.1, 0.15) is 0 Å². The van der Waals surface area contributed by atoms with E-state index in [-0.39, 0.29) is 23.1 Å². The van der Waals surface area contributed by atoms with Crippen LogP contribution in [0.15, 0.2) is 164 Å². The van der Waals surface area contributed by atoms with E-state index < -0.39 is 15.8 Å². The zero-order chi connectivity index (χ0) is 27.6. The van der Waals surface area contributed by atoms with Gasteiger partial charge >= 0.3 is 17.1 Å². The molecule has 0 fully saturated rings. The molecular weight excluding hydrogens is 578 g/mol. The fourth-order valence-corrected chi connectivity index (χ4v) is 9.60. The maximum Gasteiger partial charge on any atom is 2.00 e. The second-order valence-corrected chi connectivity index (χ2v) is 13.8. The minimum Gasteiger partial charge on any atom is -0.333 e. The van der Waals surface area contributed by atoms with Crippen LogP contribution in [-0.4, -0.2) is 6.54 Å². The van der Waals surface area contributed by atoms with Gasteiger partial charge in [-0.1, -0.05) is 121 Å². The van der Waals surface area contributed by atoms with Gasteiger partial charge in [-0.3, -0.25) is 0 Å². The molecule has 0 heterocycles. The van der Waals surface area contributed by atoms with E-state index in [4.69, 9.17) is 11.5 Å². The number of benzene rings is 4. The standard InChI is InChI=1S/C19H20N2P.C17H14P.Fe/c20-14-18(21)17-12-7-13-19(17)22(15-8-3-1-4-9-15)16-10-5-2-6-11-16;1-3-9-15(10-4-1)18(17-13-7-8-14-17)16-11-5-2-6-12-16;/h1-13,18H,14,20-21H2;1-14H;/q2*-1;+2. The van der Waals surface area contributed by atoms with Crippen molar-refractivity contribution in [2.75, 3.05) is 6.54 Å². The van der Waals surface area contributed by atoms with Crippen molar-refractivity contribution in [1.82, 2.24) is 0 Å². The largest absolute Gasteiger partial charge is 2.00 e. The summed E-state index contributed by atoms with van der Waals surface area (Å²) >= 11 is 0. The normalized spacial score (nSPS) is 11.4. The average Bonchev–Trinajstić information content (AvgIpc) is 3.73. The van der Waals surface area contributed by atoms with Gasteiger partial charge in [-0.05, 0) is 43.1 Å². The summed E-state index contributed by atoms with van der Waals surface area (Å²) in [5.41, 5.74) is 13.2. The molecule has 1 atom stereocenters. The van der Waals surface area contributed by atoms with Crippen molar-refractivity contribution in [1.29, 1.82) is 0 Å². The summed E-state index contributed by atoms with van der Waals surface area (Å²) in [6, 6.07) is 57.8. The third kappa shape index (κ3) is 7.79. The molecule has 0 saturated heterocycles. The molecule has 4 N–H and O–H groups in total. The first-order valence-electron chi connectivity index (χ1n) is 13.5. The molecule has 0 radical (unpaired) electrons. The van der Waals surface area contributed by atoms with Gasteiger partial charge in [0.25, 0.3) is 0 Å². The van der Waals surface area contributed by atoms with Crippen molar-refractivity contribution >= 4 is 47.7 Å². The summed E-state index contributed by atoms with van der Waals surface area (Å²) in [4.78, 5) is 0. The Kier molecular flexibility index (Phi) is 11.9. The Morgan fingerprint density at radius 3 is 1.39 bits per heavy atom. The number of nitrogens with two attached hydrogens (primary N) is 2. The van der Waals surface area contributed by atoms with Crippen molar-refractivity contribution < 1.29 is 17.1 Å². The van der Waals surface area contributed by atoms with E-state index in [0.717, 1.165) is 0 Å². The van der Waals surface area contributed by atoms with Crippen molar-refractivity contribution in [3.8, 4) is 0 Å². The van der Waals surface area contributed by atoms with Gasteiger partial charge < -0.3 is 11.5 Å². The quantitative estimate of drug-likeness (QED) is 0.140. The Labute approximate surface area is 257 Å². The summed E-state index contributed by atoms with van der Waals surface area (Å²) in [5, 5.41) is 8.21. The second-order valence-electron chi connectivity index (χ2n) is 9.36. The molecule has 0 amide bonds. The molecule has 0 bridgehead atoms. The molecule has 6 rings (SSSR count). The molecule has 0 aliphatic rings. The first kappa shape index (κ1) is 30.8. The average molecular weight is 612 g/mol. The molecule has 1 unspecified atom stereocenters. The van der Waals surface area contributed by atoms with Gasteiger partial charge in [-0.25, -0.2) is 24.3 Å². The van der Waals surface area contributed by atoms with Crippen molar-refractivity contribution in [3.05, 3.63) is 169 Å². The van der Waals surface area contributed by atoms with Crippen LogP contribution in [0.3, 0.4) is 0 Å². The molecular formula is C36H34FeN2P2. The fraction of sp³-hybridized carbons (Fsp3) is 0.0556. The van der Waals surface area contributed by atoms with Crippen LogP contribution in [0.5, 0.6) is 0 Å². The van der Waals surface area contributed by atoms with Gasteiger partial charge in [0.2, 0.25) is 0 Å². The van der Waals surface area contributed by atoms with Crippen molar-refractivity contribution in [2.45, 2.75) is 6.04 Å². The Morgan fingerprint density at radius 1 is 0.561 bits per heavy atom. The van der Waals surface area contributed by atoms with Crippen LogP contribution in [0.1, 0.15) is 11.6 Å². The molecule has 5 heteroatoms. The minimum absolute atomic E-state index is 0. The van der Waals surface area contributed by atoms with E-state index in [0.29, 0.717) is 6.54 Å². The van der Waals surface area contributed by atoms with Crippen LogP contribution >= 0.6 is 15.8 Å². The zero-order valence-corrected chi connectivity index (χ0v) is 25.7. The van der Waals surface area contributed by atoms with E-state index in [2.05, 4.69) is 164 Å². The number of hydrogen-bond acceptors (Lipinski definition) is 2. The number of rotatable bonds is 8. The van der Waals surface area contributed by atoms with Crippen LogP contribution < -0.4 is 43.3 Å². The fourth-order valence-electron chi connectivity index (χ4n) is 4.76. The van der Waals surface area contributed by atoms with Gasteiger partial charge in [-0.2, -0.15) is 18.2 Å². The van der Waals surface area contributed by atoms with E-state index in [1.54, 1.807) is 0 Å². The molecule has 0 saturated carbocycles. The Balaban J connectivity index is 0.000000188. The summed E-state index contributed by atoms with van der Waals surface area (Å²) < 4.78 is 0. The Morgan fingerprint density at radius 2 is 1.00 bits per heavy atom.